The fraction of sp³-hybridized carbons (Fsp3) is 0. The Morgan fingerprint density at radius 1 is 0.538 bits per heavy atom. The molecule has 0 aromatic rings. The van der Waals surface area contributed by atoms with Gasteiger partial charge in [0.25, 0.3) is 0 Å². The Hall–Kier alpha value is -1.63. The van der Waals surface area contributed by atoms with Crippen LogP contribution in [0.2, 0.25) is 0 Å². The molecule has 78 valence electrons. The molecule has 0 amide bonds. The Bertz CT molecular complexity index is 141. The molecule has 0 unspecified atom stereocenters. The molecule has 0 aliphatic carbocycles. The van der Waals surface area contributed by atoms with Crippen molar-refractivity contribution in [2.45, 2.75) is 0 Å². The molecule has 0 radical (unpaired) electrons. The molecule has 0 aliphatic heterocycles. The molecule has 0 bridgehead atoms. The van der Waals surface area contributed by atoms with Crippen LogP contribution in [0, 0.1) is 20.8 Å². The molecule has 0 spiro atoms. The number of nitrogens with zero attached hydrogens (tertiary/aromatic N) is 4. The fourth-order valence-electron chi connectivity index (χ4n) is 0.109. The Labute approximate surface area is 83.5 Å². The average molecular weight is 231 g/mol. The van der Waals surface area contributed by atoms with E-state index in [1.165, 1.54) is 0 Å². The first-order valence-corrected chi connectivity index (χ1v) is 2.43. The quantitative estimate of drug-likeness (QED) is 0.380. The van der Waals surface area contributed by atoms with Gasteiger partial charge in [0.2, 0.25) is 0 Å². The number of hydrogen-bond acceptors (Lipinski definition) is 8. The molecule has 0 rings (SSSR count). The van der Waals surface area contributed by atoms with Gasteiger partial charge in [-0.05, 0) is 0 Å². The molecule has 13 heavy (non-hydrogen) atoms. The van der Waals surface area contributed by atoms with Gasteiger partial charge >= 0.3 is 0 Å². The Morgan fingerprint density at radius 2 is 0.692 bits per heavy atom. The molecule has 0 heterocycles. The predicted molar refractivity (Wildman–Crippen MR) is 47.4 cm³/mol. The summed E-state index contributed by atoms with van der Waals surface area (Å²) in [5.74, 6) is 0. The van der Waals surface area contributed by atoms with E-state index in [0.717, 1.165) is 24.9 Å². The maximum absolute atomic E-state index is 9.03. The Kier molecular flexibility index (Phi) is 30.1. The molecule has 0 saturated carbocycles. The summed E-state index contributed by atoms with van der Waals surface area (Å²) >= 11 is 0. The summed E-state index contributed by atoms with van der Waals surface area (Å²) in [6.45, 7) is 0. The van der Waals surface area contributed by atoms with E-state index < -0.39 is 0 Å². The van der Waals surface area contributed by atoms with Crippen LogP contribution >= 0.6 is 0 Å². The molecule has 0 aliphatic rings. The first-order chi connectivity index (χ1) is 5.83. The van der Waals surface area contributed by atoms with Gasteiger partial charge in [0.1, 0.15) is 0 Å². The van der Waals surface area contributed by atoms with Crippen molar-refractivity contribution in [3.05, 3.63) is 20.8 Å². The maximum Gasteiger partial charge on any atom is 0.0332 e. The van der Waals surface area contributed by atoms with Gasteiger partial charge in [-0.1, -0.05) is 0 Å². The van der Waals surface area contributed by atoms with Crippen molar-refractivity contribution in [1.82, 2.24) is 0 Å². The second kappa shape index (κ2) is 22.4. The molecule has 0 aromatic heterocycles. The van der Waals surface area contributed by atoms with Crippen molar-refractivity contribution in [2.24, 2.45) is 20.6 Å². The van der Waals surface area contributed by atoms with E-state index in [4.69, 9.17) is 20.8 Å². The van der Waals surface area contributed by atoms with Crippen molar-refractivity contribution < 1.29 is 16.5 Å². The van der Waals surface area contributed by atoms with Crippen LogP contribution in [0.3, 0.4) is 0 Å². The predicted octanol–water partition coefficient (Wildman–Crippen LogP) is 0.245. The van der Waals surface area contributed by atoms with Crippen molar-refractivity contribution in [3.8, 4) is 0 Å². The third-order valence-electron chi connectivity index (χ3n) is 0.377. The molecule has 9 heteroatoms. The van der Waals surface area contributed by atoms with Crippen LogP contribution in [0.25, 0.3) is 0 Å². The first-order valence-electron chi connectivity index (χ1n) is 2.43. The van der Waals surface area contributed by atoms with Crippen LogP contribution < -0.4 is 0 Å². The summed E-state index contributed by atoms with van der Waals surface area (Å²) in [4.78, 5) is 0. The van der Waals surface area contributed by atoms with Gasteiger partial charge in [0, 0.05) is 41.3 Å². The van der Waals surface area contributed by atoms with E-state index in [1.807, 2.05) is 0 Å². The van der Waals surface area contributed by atoms with Crippen LogP contribution in [0.4, 0.5) is 0 Å². The average Bonchev–Trinajstić information content (AvgIpc) is 2.12. The summed E-state index contributed by atoms with van der Waals surface area (Å²) in [6.07, 6.45) is 3.08. The molecule has 0 aromatic carbocycles. The van der Waals surface area contributed by atoms with Gasteiger partial charge in [0.05, 0.1) is 0 Å². The monoisotopic (exact) mass is 230 g/mol. The van der Waals surface area contributed by atoms with Gasteiger partial charge in [-0.15, -0.1) is 0 Å². The van der Waals surface area contributed by atoms with Crippen LogP contribution in [-0.4, -0.2) is 24.9 Å². The minimum atomic E-state index is 0. The zero-order valence-corrected chi connectivity index (χ0v) is 7.04. The van der Waals surface area contributed by atoms with Crippen LogP contribution in [0.5, 0.6) is 0 Å². The third kappa shape index (κ3) is 38.0. The fourth-order valence-corrected chi connectivity index (χ4v) is 0.109. The molecule has 0 fully saturated rings. The minimum absolute atomic E-state index is 0. The van der Waals surface area contributed by atoms with Crippen LogP contribution in [0.15, 0.2) is 20.6 Å². The van der Waals surface area contributed by atoms with Gasteiger partial charge in [-0.3, -0.25) is 0 Å². The van der Waals surface area contributed by atoms with Crippen molar-refractivity contribution in [3.63, 3.8) is 0 Å². The molecular formula is C4H4N4NiO4-4. The summed E-state index contributed by atoms with van der Waals surface area (Å²) in [7, 11) is 0. The minimum Gasteiger partial charge on any atom is -0.792 e. The normalized spacial score (nSPS) is 10.5. The summed E-state index contributed by atoms with van der Waals surface area (Å²) < 4.78 is 0. The number of rotatable bonds is 2. The zero-order valence-electron chi connectivity index (χ0n) is 6.05. The van der Waals surface area contributed by atoms with Crippen molar-refractivity contribution in [2.75, 3.05) is 0 Å². The van der Waals surface area contributed by atoms with E-state index in [9.17, 15) is 0 Å². The number of hydrogen-bond donors (Lipinski definition) is 0. The molecule has 0 saturated heterocycles. The second-order valence-corrected chi connectivity index (χ2v) is 1.02. The van der Waals surface area contributed by atoms with Gasteiger partial charge in [-0.25, -0.2) is 0 Å². The van der Waals surface area contributed by atoms with Crippen molar-refractivity contribution in [1.29, 1.82) is 0 Å². The second-order valence-electron chi connectivity index (χ2n) is 1.02. The zero-order chi connectivity index (χ0) is 9.66. The summed E-state index contributed by atoms with van der Waals surface area (Å²) in [5.41, 5.74) is 0. The third-order valence-corrected chi connectivity index (χ3v) is 0.377. The van der Waals surface area contributed by atoms with Crippen molar-refractivity contribution >= 4 is 24.9 Å². The van der Waals surface area contributed by atoms with Gasteiger partial charge < -0.3 is 41.5 Å². The van der Waals surface area contributed by atoms with E-state index in [1.54, 1.807) is 0 Å². The SMILES string of the molecule is [Ni].[O-]N=CC=N[O-].[O-]N=CC=N[O-]. The van der Waals surface area contributed by atoms with Crippen LogP contribution in [0.1, 0.15) is 0 Å². The summed E-state index contributed by atoms with van der Waals surface area (Å²) in [5, 5.41) is 44.9. The van der Waals surface area contributed by atoms with Gasteiger partial charge in [0.15, 0.2) is 0 Å². The largest absolute Gasteiger partial charge is 0.792 e. The molecule has 0 atom stereocenters. The van der Waals surface area contributed by atoms with Gasteiger partial charge in [-0.2, -0.15) is 0 Å². The smallest absolute Gasteiger partial charge is 0.0332 e. The Balaban J connectivity index is -0.000000143. The van der Waals surface area contributed by atoms with E-state index in [0.29, 0.717) is 0 Å². The Morgan fingerprint density at radius 3 is 0.769 bits per heavy atom. The molecule has 8 nitrogen and oxygen atoms in total. The molecule has 0 N–H and O–H groups in total. The summed E-state index contributed by atoms with van der Waals surface area (Å²) in [6, 6.07) is 0. The van der Waals surface area contributed by atoms with E-state index in [-0.39, 0.29) is 16.5 Å². The van der Waals surface area contributed by atoms with E-state index in [2.05, 4.69) is 20.6 Å². The standard InChI is InChI=1S/2C2H4N2O2.Ni/c2*5-3-1-2-4-6;/h2*1-2,5-6H;/p-4. The van der Waals surface area contributed by atoms with Crippen LogP contribution in [-0.2, 0) is 16.5 Å². The molecular weight excluding hydrogens is 227 g/mol. The maximum atomic E-state index is 9.03. The topological polar surface area (TPSA) is 142 Å². The van der Waals surface area contributed by atoms with E-state index >= 15 is 0 Å². The first kappa shape index (κ1) is 17.5.